The Bertz CT molecular complexity index is 575. The largest absolute Gasteiger partial charge is 0.320 e. The molecule has 6 nitrogen and oxygen atoms in total. The van der Waals surface area contributed by atoms with Gasteiger partial charge in [-0.1, -0.05) is 12.1 Å². The minimum absolute atomic E-state index is 0.130. The zero-order valence-corrected chi connectivity index (χ0v) is 9.84. The fourth-order valence-electron chi connectivity index (χ4n) is 1.44. The number of nitrogens with zero attached hydrogens (tertiary/aromatic N) is 3. The highest BCUT2D eigenvalue weighted by Gasteiger charge is 2.06. The second-order valence-electron chi connectivity index (χ2n) is 3.64. The smallest absolute Gasteiger partial charge is 0.238 e. The second kappa shape index (κ2) is 4.64. The van der Waals surface area contributed by atoms with Crippen LogP contribution in [-0.4, -0.2) is 23.2 Å². The molecule has 0 aliphatic heterocycles. The molecule has 17 heavy (non-hydrogen) atoms. The highest BCUT2D eigenvalue weighted by Crippen LogP contribution is 2.09. The minimum atomic E-state index is -3.60. The first-order chi connectivity index (χ1) is 8.05. The lowest BCUT2D eigenvalue weighted by molar-refractivity contribution is 0.597. The molecular weight excluding hydrogens is 240 g/mol. The van der Waals surface area contributed by atoms with Gasteiger partial charge in [0.05, 0.1) is 4.90 Å². The zero-order valence-electron chi connectivity index (χ0n) is 9.02. The van der Waals surface area contributed by atoms with Gasteiger partial charge in [0.25, 0.3) is 0 Å². The van der Waals surface area contributed by atoms with Crippen molar-refractivity contribution in [3.05, 3.63) is 42.5 Å². The van der Waals surface area contributed by atoms with E-state index in [-0.39, 0.29) is 4.90 Å². The van der Waals surface area contributed by atoms with Crippen molar-refractivity contribution < 1.29 is 8.42 Å². The van der Waals surface area contributed by atoms with Crippen molar-refractivity contribution in [2.45, 2.75) is 17.9 Å². The molecular formula is C10H12N4O2S. The van der Waals surface area contributed by atoms with Gasteiger partial charge >= 0.3 is 0 Å². The Morgan fingerprint density at radius 3 is 2.24 bits per heavy atom. The van der Waals surface area contributed by atoms with Crippen molar-refractivity contribution in [2.24, 2.45) is 5.14 Å². The number of hydrogen-bond acceptors (Lipinski definition) is 4. The topological polar surface area (TPSA) is 90.9 Å². The Labute approximate surface area is 99.1 Å². The maximum Gasteiger partial charge on any atom is 0.238 e. The van der Waals surface area contributed by atoms with Crippen LogP contribution >= 0.6 is 0 Å². The van der Waals surface area contributed by atoms with Gasteiger partial charge in [-0.15, -0.1) is 10.2 Å². The normalized spacial score (nSPS) is 11.6. The van der Waals surface area contributed by atoms with Gasteiger partial charge in [-0.2, -0.15) is 0 Å². The molecule has 0 atom stereocenters. The van der Waals surface area contributed by atoms with E-state index in [0.29, 0.717) is 0 Å². The van der Waals surface area contributed by atoms with Crippen molar-refractivity contribution in [1.82, 2.24) is 14.8 Å². The van der Waals surface area contributed by atoms with Crippen LogP contribution < -0.4 is 5.14 Å². The molecule has 0 radical (unpaired) electrons. The number of aromatic nitrogens is 3. The minimum Gasteiger partial charge on any atom is -0.320 e. The molecule has 0 fully saturated rings. The number of benzene rings is 1. The molecule has 90 valence electrons. The van der Waals surface area contributed by atoms with Gasteiger partial charge in [0, 0.05) is 6.54 Å². The molecule has 1 aromatic carbocycles. The molecule has 0 saturated carbocycles. The Balaban J connectivity index is 2.04. The summed E-state index contributed by atoms with van der Waals surface area (Å²) in [5.74, 6) is 0. The third-order valence-electron chi connectivity index (χ3n) is 2.38. The van der Waals surface area contributed by atoms with E-state index in [4.69, 9.17) is 5.14 Å². The first-order valence-electron chi connectivity index (χ1n) is 5.00. The molecule has 1 heterocycles. The Hall–Kier alpha value is -1.73. The van der Waals surface area contributed by atoms with Gasteiger partial charge in [-0.25, -0.2) is 13.6 Å². The Morgan fingerprint density at radius 1 is 1.12 bits per heavy atom. The average Bonchev–Trinajstić information content (AvgIpc) is 2.78. The predicted molar refractivity (Wildman–Crippen MR) is 61.5 cm³/mol. The van der Waals surface area contributed by atoms with Crippen molar-refractivity contribution in [2.75, 3.05) is 0 Å². The highest BCUT2D eigenvalue weighted by molar-refractivity contribution is 7.89. The summed E-state index contributed by atoms with van der Waals surface area (Å²) in [5, 5.41) is 12.4. The fraction of sp³-hybridized carbons (Fsp3) is 0.200. The van der Waals surface area contributed by atoms with Crippen molar-refractivity contribution in [1.29, 1.82) is 0 Å². The SMILES string of the molecule is NS(=O)(=O)c1ccc(CCn2cnnc2)cc1. The molecule has 0 unspecified atom stereocenters. The first kappa shape index (κ1) is 11.7. The fourth-order valence-corrected chi connectivity index (χ4v) is 1.96. The van der Waals surface area contributed by atoms with Crippen LogP contribution in [0.25, 0.3) is 0 Å². The first-order valence-corrected chi connectivity index (χ1v) is 6.54. The van der Waals surface area contributed by atoms with Crippen LogP contribution in [0.15, 0.2) is 41.8 Å². The molecule has 7 heteroatoms. The van der Waals surface area contributed by atoms with Crippen LogP contribution in [-0.2, 0) is 23.0 Å². The third-order valence-corrected chi connectivity index (χ3v) is 3.31. The van der Waals surface area contributed by atoms with Crippen LogP contribution in [0.3, 0.4) is 0 Å². The van der Waals surface area contributed by atoms with Crippen LogP contribution in [0, 0.1) is 0 Å². The molecule has 2 aromatic rings. The lowest BCUT2D eigenvalue weighted by atomic mass is 10.1. The maximum atomic E-state index is 11.0. The van der Waals surface area contributed by atoms with Crippen molar-refractivity contribution >= 4 is 10.0 Å². The van der Waals surface area contributed by atoms with Crippen molar-refractivity contribution in [3.63, 3.8) is 0 Å². The summed E-state index contributed by atoms with van der Waals surface area (Å²) in [6.45, 7) is 0.752. The van der Waals surface area contributed by atoms with Crippen LogP contribution in [0.1, 0.15) is 5.56 Å². The number of primary sulfonamides is 1. The van der Waals surface area contributed by atoms with Crippen LogP contribution in [0.4, 0.5) is 0 Å². The lowest BCUT2D eigenvalue weighted by Gasteiger charge is -2.03. The molecule has 2 rings (SSSR count). The highest BCUT2D eigenvalue weighted by atomic mass is 32.2. The van der Waals surface area contributed by atoms with E-state index in [0.717, 1.165) is 18.5 Å². The summed E-state index contributed by atoms with van der Waals surface area (Å²) < 4.78 is 23.9. The number of aryl methyl sites for hydroxylation is 2. The monoisotopic (exact) mass is 252 g/mol. The zero-order chi connectivity index (χ0) is 12.3. The van der Waals surface area contributed by atoms with E-state index in [1.807, 2.05) is 4.57 Å². The van der Waals surface area contributed by atoms with Gasteiger partial charge in [0.2, 0.25) is 10.0 Å². The second-order valence-corrected chi connectivity index (χ2v) is 5.20. The standard InChI is InChI=1S/C10H12N4O2S/c11-17(15,16)10-3-1-9(2-4-10)5-6-14-7-12-13-8-14/h1-4,7-8H,5-6H2,(H2,11,15,16). The number of rotatable bonds is 4. The van der Waals surface area contributed by atoms with E-state index in [1.54, 1.807) is 24.8 Å². The van der Waals surface area contributed by atoms with Gasteiger partial charge in [-0.3, -0.25) is 0 Å². The Morgan fingerprint density at radius 2 is 1.71 bits per heavy atom. The molecule has 1 aromatic heterocycles. The third kappa shape index (κ3) is 3.11. The van der Waals surface area contributed by atoms with E-state index < -0.39 is 10.0 Å². The maximum absolute atomic E-state index is 11.0. The van der Waals surface area contributed by atoms with Gasteiger partial charge in [0.15, 0.2) is 0 Å². The molecule has 0 bridgehead atoms. The summed E-state index contributed by atoms with van der Waals surface area (Å²) >= 11 is 0. The molecule has 0 aliphatic carbocycles. The molecule has 2 N–H and O–H groups in total. The van der Waals surface area contributed by atoms with E-state index in [2.05, 4.69) is 10.2 Å². The molecule has 0 aliphatic rings. The van der Waals surface area contributed by atoms with E-state index >= 15 is 0 Å². The Kier molecular flexibility index (Phi) is 3.21. The molecule has 0 spiro atoms. The molecule has 0 amide bonds. The lowest BCUT2D eigenvalue weighted by Crippen LogP contribution is -2.12. The van der Waals surface area contributed by atoms with E-state index in [1.165, 1.54) is 12.1 Å². The predicted octanol–water partition coefficient (Wildman–Crippen LogP) is 0.168. The summed E-state index contributed by atoms with van der Waals surface area (Å²) in [5.41, 5.74) is 1.03. The quantitative estimate of drug-likeness (QED) is 0.839. The van der Waals surface area contributed by atoms with Gasteiger partial charge in [0.1, 0.15) is 12.7 Å². The van der Waals surface area contributed by atoms with E-state index in [9.17, 15) is 8.42 Å². The van der Waals surface area contributed by atoms with Crippen LogP contribution in [0.5, 0.6) is 0 Å². The van der Waals surface area contributed by atoms with Crippen molar-refractivity contribution in [3.8, 4) is 0 Å². The summed E-state index contributed by atoms with van der Waals surface area (Å²) in [6.07, 6.45) is 4.06. The average molecular weight is 252 g/mol. The number of nitrogens with two attached hydrogens (primary N) is 1. The van der Waals surface area contributed by atoms with Gasteiger partial charge < -0.3 is 4.57 Å². The number of hydrogen-bond donors (Lipinski definition) is 1. The summed E-state index contributed by atoms with van der Waals surface area (Å²) in [6, 6.07) is 6.53. The summed E-state index contributed by atoms with van der Waals surface area (Å²) in [4.78, 5) is 0.130. The van der Waals surface area contributed by atoms with Gasteiger partial charge in [-0.05, 0) is 24.1 Å². The number of sulfonamides is 1. The van der Waals surface area contributed by atoms with Crippen LogP contribution in [0.2, 0.25) is 0 Å². The molecule has 0 saturated heterocycles. The summed E-state index contributed by atoms with van der Waals surface area (Å²) in [7, 11) is -3.60.